The number of fused-ring (bicyclic) bond motifs is 1. The van der Waals surface area contributed by atoms with Crippen LogP contribution in [-0.2, 0) is 12.6 Å². The smallest absolute Gasteiger partial charge is 0.133 e. The van der Waals surface area contributed by atoms with E-state index in [9.17, 15) is 5.21 Å². The van der Waals surface area contributed by atoms with E-state index in [0.29, 0.717) is 10.4 Å². The molecule has 0 aliphatic carbocycles. The summed E-state index contributed by atoms with van der Waals surface area (Å²) in [7, 11) is 0. The van der Waals surface area contributed by atoms with E-state index in [0.717, 1.165) is 10.2 Å². The Bertz CT molecular complexity index is 396. The Balaban J connectivity index is 2.96. The lowest BCUT2D eigenvalue weighted by atomic mass is 10.3. The molecule has 56 valence electrons. The summed E-state index contributed by atoms with van der Waals surface area (Å²) in [5, 5.41) is 9.18. The van der Waals surface area contributed by atoms with Gasteiger partial charge in [0.05, 0.1) is 11.0 Å². The van der Waals surface area contributed by atoms with Gasteiger partial charge in [0.1, 0.15) is 6.33 Å². The third-order valence-electron chi connectivity index (χ3n) is 1.51. The van der Waals surface area contributed by atoms with Crippen molar-refractivity contribution in [2.75, 3.05) is 0 Å². The van der Waals surface area contributed by atoms with E-state index in [4.69, 9.17) is 12.6 Å². The van der Waals surface area contributed by atoms with E-state index in [1.54, 1.807) is 12.1 Å². The van der Waals surface area contributed by atoms with Gasteiger partial charge in [-0.05, 0) is 6.07 Å². The van der Waals surface area contributed by atoms with Crippen LogP contribution in [0.3, 0.4) is 0 Å². The van der Waals surface area contributed by atoms with Gasteiger partial charge in [0.15, 0.2) is 0 Å². The van der Waals surface area contributed by atoms with Gasteiger partial charge in [0, 0.05) is 0 Å². The highest BCUT2D eigenvalue weighted by atomic mass is 32.1. The van der Waals surface area contributed by atoms with Crippen LogP contribution in [0.15, 0.2) is 29.4 Å². The SMILES string of the molecule is On1cnc2cccc([S-])c21. The summed E-state index contributed by atoms with van der Waals surface area (Å²) in [5.41, 5.74) is 1.32. The van der Waals surface area contributed by atoms with Crippen LogP contribution >= 0.6 is 0 Å². The number of aromatic nitrogens is 2. The van der Waals surface area contributed by atoms with Crippen molar-refractivity contribution in [3.8, 4) is 0 Å². The molecule has 11 heavy (non-hydrogen) atoms. The van der Waals surface area contributed by atoms with E-state index in [1.807, 2.05) is 6.07 Å². The lowest BCUT2D eigenvalue weighted by Crippen LogP contribution is -1.87. The number of hydrogen-bond acceptors (Lipinski definition) is 3. The van der Waals surface area contributed by atoms with Gasteiger partial charge in [-0.1, -0.05) is 12.1 Å². The summed E-state index contributed by atoms with van der Waals surface area (Å²) < 4.78 is 0.942. The molecule has 0 saturated heterocycles. The van der Waals surface area contributed by atoms with E-state index in [2.05, 4.69) is 4.98 Å². The minimum Gasteiger partial charge on any atom is -0.778 e. The van der Waals surface area contributed by atoms with Gasteiger partial charge in [0.25, 0.3) is 0 Å². The Morgan fingerprint density at radius 3 is 3.00 bits per heavy atom. The van der Waals surface area contributed by atoms with Crippen LogP contribution in [0.5, 0.6) is 0 Å². The molecule has 0 fully saturated rings. The molecule has 0 atom stereocenters. The number of imidazole rings is 1. The highest BCUT2D eigenvalue weighted by Gasteiger charge is 1.97. The lowest BCUT2D eigenvalue weighted by Gasteiger charge is -2.06. The summed E-state index contributed by atoms with van der Waals surface area (Å²) >= 11 is 4.97. The lowest BCUT2D eigenvalue weighted by molar-refractivity contribution is 0.197. The number of rotatable bonds is 0. The Labute approximate surface area is 68.7 Å². The van der Waals surface area contributed by atoms with Crippen molar-refractivity contribution in [1.29, 1.82) is 0 Å². The second kappa shape index (κ2) is 2.10. The zero-order valence-corrected chi connectivity index (χ0v) is 6.38. The molecule has 0 saturated carbocycles. The largest absolute Gasteiger partial charge is 0.778 e. The molecule has 1 aromatic heterocycles. The fourth-order valence-corrected chi connectivity index (χ4v) is 1.30. The number of benzene rings is 1. The van der Waals surface area contributed by atoms with Crippen molar-refractivity contribution >= 4 is 23.7 Å². The fourth-order valence-electron chi connectivity index (χ4n) is 1.02. The maximum atomic E-state index is 9.18. The summed E-state index contributed by atoms with van der Waals surface area (Å²) in [6.07, 6.45) is 1.33. The van der Waals surface area contributed by atoms with Gasteiger partial charge in [-0.2, -0.15) is 4.73 Å². The highest BCUT2D eigenvalue weighted by molar-refractivity contribution is 7.59. The Hall–Kier alpha value is -1.29. The zero-order valence-electron chi connectivity index (χ0n) is 5.56. The standard InChI is InChI=1S/C7H6N2OS/c10-9-4-8-5-2-1-3-6(11)7(5)9/h1-4,10-11H/p-1. The number of hydrogen-bond donors (Lipinski definition) is 1. The molecule has 2 aromatic rings. The van der Waals surface area contributed by atoms with Gasteiger partial charge < -0.3 is 17.8 Å². The van der Waals surface area contributed by atoms with Crippen LogP contribution in [0.25, 0.3) is 11.0 Å². The molecular formula is C7H5N2OS-. The first-order valence-electron chi connectivity index (χ1n) is 3.11. The predicted octanol–water partition coefficient (Wildman–Crippen LogP) is 1.18. The van der Waals surface area contributed by atoms with Crippen molar-refractivity contribution in [3.63, 3.8) is 0 Å². The van der Waals surface area contributed by atoms with Gasteiger partial charge >= 0.3 is 0 Å². The average Bonchev–Trinajstić information content (AvgIpc) is 2.34. The molecule has 0 radical (unpaired) electrons. The van der Waals surface area contributed by atoms with Gasteiger partial charge in [0.2, 0.25) is 0 Å². The number of nitrogens with zero attached hydrogens (tertiary/aromatic N) is 2. The Morgan fingerprint density at radius 2 is 2.27 bits per heavy atom. The van der Waals surface area contributed by atoms with Gasteiger partial charge in [-0.25, -0.2) is 4.98 Å². The van der Waals surface area contributed by atoms with Crippen LogP contribution in [-0.4, -0.2) is 14.9 Å². The molecule has 0 spiro atoms. The monoisotopic (exact) mass is 165 g/mol. The second-order valence-electron chi connectivity index (χ2n) is 2.21. The highest BCUT2D eigenvalue weighted by Crippen LogP contribution is 2.15. The van der Waals surface area contributed by atoms with E-state index in [1.165, 1.54) is 6.33 Å². The van der Waals surface area contributed by atoms with Crippen molar-refractivity contribution < 1.29 is 5.21 Å². The molecule has 1 N–H and O–H groups in total. The predicted molar refractivity (Wildman–Crippen MR) is 42.5 cm³/mol. The summed E-state index contributed by atoms with van der Waals surface area (Å²) in [6, 6.07) is 5.38. The maximum absolute atomic E-state index is 9.18. The third-order valence-corrected chi connectivity index (χ3v) is 1.84. The molecule has 1 aromatic carbocycles. The molecule has 3 nitrogen and oxygen atoms in total. The first-order valence-corrected chi connectivity index (χ1v) is 3.52. The van der Waals surface area contributed by atoms with Crippen LogP contribution in [0, 0.1) is 0 Å². The molecule has 0 amide bonds. The van der Waals surface area contributed by atoms with Crippen molar-refractivity contribution in [2.24, 2.45) is 0 Å². The van der Waals surface area contributed by atoms with Crippen molar-refractivity contribution in [2.45, 2.75) is 4.90 Å². The van der Waals surface area contributed by atoms with E-state index < -0.39 is 0 Å². The van der Waals surface area contributed by atoms with E-state index >= 15 is 0 Å². The fraction of sp³-hybridized carbons (Fsp3) is 0. The topological polar surface area (TPSA) is 38.0 Å². The normalized spacial score (nSPS) is 10.5. The summed E-state index contributed by atoms with van der Waals surface area (Å²) in [5.74, 6) is 0. The summed E-state index contributed by atoms with van der Waals surface area (Å²) in [6.45, 7) is 0. The molecule has 0 bridgehead atoms. The molecule has 2 rings (SSSR count). The minimum absolute atomic E-state index is 0.600. The molecule has 0 unspecified atom stereocenters. The first-order chi connectivity index (χ1) is 5.29. The second-order valence-corrected chi connectivity index (χ2v) is 2.65. The quantitative estimate of drug-likeness (QED) is 0.470. The third kappa shape index (κ3) is 0.832. The minimum atomic E-state index is 0.600. The Kier molecular flexibility index (Phi) is 1.22. The molecule has 4 heteroatoms. The van der Waals surface area contributed by atoms with Gasteiger partial charge in [-0.3, -0.25) is 0 Å². The van der Waals surface area contributed by atoms with Crippen molar-refractivity contribution in [1.82, 2.24) is 9.71 Å². The first kappa shape index (κ1) is 6.42. The van der Waals surface area contributed by atoms with Gasteiger partial charge in [-0.15, -0.1) is 4.90 Å². The zero-order chi connectivity index (χ0) is 7.84. The molecule has 0 aliphatic heterocycles. The van der Waals surface area contributed by atoms with Crippen LogP contribution in [0.1, 0.15) is 0 Å². The van der Waals surface area contributed by atoms with Crippen LogP contribution in [0.2, 0.25) is 0 Å². The number of para-hydroxylation sites is 1. The molecule has 1 heterocycles. The van der Waals surface area contributed by atoms with Crippen molar-refractivity contribution in [3.05, 3.63) is 24.5 Å². The maximum Gasteiger partial charge on any atom is 0.133 e. The van der Waals surface area contributed by atoms with Crippen LogP contribution in [0.4, 0.5) is 0 Å². The summed E-state index contributed by atoms with van der Waals surface area (Å²) in [4.78, 5) is 4.54. The Morgan fingerprint density at radius 1 is 1.45 bits per heavy atom. The molecule has 0 aliphatic rings. The average molecular weight is 165 g/mol. The molecular weight excluding hydrogens is 160 g/mol. The van der Waals surface area contributed by atoms with E-state index in [-0.39, 0.29) is 0 Å². The van der Waals surface area contributed by atoms with Crippen LogP contribution < -0.4 is 0 Å².